The van der Waals surface area contributed by atoms with Gasteiger partial charge in [-0.05, 0) is 37.2 Å². The van der Waals surface area contributed by atoms with Gasteiger partial charge in [-0.15, -0.1) is 0 Å². The molecule has 0 aromatic rings. The van der Waals surface area contributed by atoms with Crippen LogP contribution < -0.4 is 0 Å². The van der Waals surface area contributed by atoms with Crippen LogP contribution in [0.5, 0.6) is 0 Å². The minimum atomic E-state index is -1.38. The number of rotatable bonds is 4. The first kappa shape index (κ1) is 12.9. The third-order valence-corrected chi connectivity index (χ3v) is 2.51. The van der Waals surface area contributed by atoms with Crippen LogP contribution in [0.15, 0.2) is 40.5 Å². The van der Waals surface area contributed by atoms with Gasteiger partial charge in [-0.25, -0.2) is 0 Å². The summed E-state index contributed by atoms with van der Waals surface area (Å²) in [6, 6.07) is 0. The van der Waals surface area contributed by atoms with E-state index in [1.165, 1.54) is 0 Å². The summed E-state index contributed by atoms with van der Waals surface area (Å²) < 4.78 is 0. The Kier molecular flexibility index (Phi) is 5.22. The van der Waals surface area contributed by atoms with Crippen LogP contribution in [0.4, 0.5) is 0 Å². The molecule has 0 radical (unpaired) electrons. The van der Waals surface area contributed by atoms with E-state index in [-0.39, 0.29) is 0 Å². The Morgan fingerprint density at radius 1 is 1.56 bits per heavy atom. The van der Waals surface area contributed by atoms with Crippen molar-refractivity contribution in [2.24, 2.45) is 4.99 Å². The van der Waals surface area contributed by atoms with E-state index < -0.39 is 7.12 Å². The molecule has 1 aliphatic carbocycles. The molecule has 16 heavy (non-hydrogen) atoms. The van der Waals surface area contributed by atoms with Gasteiger partial charge in [0.25, 0.3) is 0 Å². The Balaban J connectivity index is 2.77. The molecule has 1 rings (SSSR count). The van der Waals surface area contributed by atoms with E-state index in [4.69, 9.17) is 10.0 Å². The van der Waals surface area contributed by atoms with Crippen molar-refractivity contribution in [3.05, 3.63) is 35.5 Å². The number of nitrogens with zero attached hydrogens (tertiary/aromatic N) is 1. The average molecular weight is 219 g/mol. The molecule has 0 aliphatic heterocycles. The second-order valence-electron chi connectivity index (χ2n) is 3.79. The van der Waals surface area contributed by atoms with Gasteiger partial charge in [-0.3, -0.25) is 4.99 Å². The van der Waals surface area contributed by atoms with E-state index in [1.807, 2.05) is 25.2 Å². The van der Waals surface area contributed by atoms with Crippen molar-refractivity contribution in [1.82, 2.24) is 0 Å². The van der Waals surface area contributed by atoms with Crippen LogP contribution in [-0.4, -0.2) is 22.9 Å². The third kappa shape index (κ3) is 3.79. The molecule has 1 aliphatic rings. The molecule has 0 fully saturated rings. The van der Waals surface area contributed by atoms with Crippen molar-refractivity contribution in [3.63, 3.8) is 0 Å². The first-order valence-electron chi connectivity index (χ1n) is 5.61. The molecule has 0 spiro atoms. The molecule has 2 N–H and O–H groups in total. The van der Waals surface area contributed by atoms with Crippen LogP contribution in [0.2, 0.25) is 0 Å². The van der Waals surface area contributed by atoms with Crippen molar-refractivity contribution >= 4 is 12.8 Å². The lowest BCUT2D eigenvalue weighted by molar-refractivity contribution is 0.420. The molecule has 0 atom stereocenters. The lowest BCUT2D eigenvalue weighted by Crippen LogP contribution is -2.17. The average Bonchev–Trinajstić information content (AvgIpc) is 2.29. The lowest BCUT2D eigenvalue weighted by Gasteiger charge is -2.12. The lowest BCUT2D eigenvalue weighted by atomic mass is 9.75. The van der Waals surface area contributed by atoms with Crippen molar-refractivity contribution in [2.45, 2.75) is 33.1 Å². The molecule has 0 heterocycles. The monoisotopic (exact) mass is 219 g/mol. The van der Waals surface area contributed by atoms with Gasteiger partial charge in [0.15, 0.2) is 0 Å². The minimum absolute atomic E-state index is 0.565. The number of allylic oxidation sites excluding steroid dienone is 5. The second kappa shape index (κ2) is 6.46. The fourth-order valence-electron chi connectivity index (χ4n) is 1.54. The standard InChI is InChI=1S/C12H18BNO2/c1-3-4-8-14-10(2)11-6-5-7-12(9-11)13(15)16/h4,7-9,15-16H,3,5-6H2,1-2H3/b8-4-,14-10?. The molecule has 0 unspecified atom stereocenters. The van der Waals surface area contributed by atoms with E-state index in [0.717, 1.165) is 30.5 Å². The maximum absolute atomic E-state index is 9.08. The van der Waals surface area contributed by atoms with Crippen LogP contribution in [0.3, 0.4) is 0 Å². The smallest absolute Gasteiger partial charge is 0.423 e. The molecule has 0 saturated heterocycles. The van der Waals surface area contributed by atoms with E-state index in [0.29, 0.717) is 5.47 Å². The summed E-state index contributed by atoms with van der Waals surface area (Å²) in [4.78, 5) is 4.31. The Morgan fingerprint density at radius 3 is 2.94 bits per heavy atom. The van der Waals surface area contributed by atoms with Gasteiger partial charge < -0.3 is 10.0 Å². The molecule has 0 aromatic heterocycles. The van der Waals surface area contributed by atoms with Crippen LogP contribution in [-0.2, 0) is 0 Å². The zero-order chi connectivity index (χ0) is 12.0. The summed E-state index contributed by atoms with van der Waals surface area (Å²) in [5.41, 5.74) is 2.58. The van der Waals surface area contributed by atoms with E-state index in [2.05, 4.69) is 11.9 Å². The second-order valence-corrected chi connectivity index (χ2v) is 3.79. The Labute approximate surface area is 97.1 Å². The fraction of sp³-hybridized carbons (Fsp3) is 0.417. The number of aliphatic imine (C=N–C) groups is 1. The highest BCUT2D eigenvalue weighted by Gasteiger charge is 2.16. The van der Waals surface area contributed by atoms with E-state index in [1.54, 1.807) is 6.20 Å². The van der Waals surface area contributed by atoms with Crippen molar-refractivity contribution in [3.8, 4) is 0 Å². The molecule has 0 amide bonds. The van der Waals surface area contributed by atoms with Crippen LogP contribution in [0.25, 0.3) is 0 Å². The minimum Gasteiger partial charge on any atom is -0.423 e. The SMILES string of the molecule is CC/C=C\N=C(C)C1=CC(B(O)O)=CCC1. The predicted molar refractivity (Wildman–Crippen MR) is 68.1 cm³/mol. The largest absolute Gasteiger partial charge is 0.488 e. The predicted octanol–water partition coefficient (Wildman–Crippen LogP) is 2.03. The summed E-state index contributed by atoms with van der Waals surface area (Å²) in [5.74, 6) is 0. The number of hydrogen-bond acceptors (Lipinski definition) is 3. The van der Waals surface area contributed by atoms with Crippen molar-refractivity contribution < 1.29 is 10.0 Å². The quantitative estimate of drug-likeness (QED) is 0.561. The first-order valence-corrected chi connectivity index (χ1v) is 5.61. The normalized spacial score (nSPS) is 17.4. The molecule has 4 heteroatoms. The number of hydrogen-bond donors (Lipinski definition) is 2. The zero-order valence-electron chi connectivity index (χ0n) is 9.85. The van der Waals surface area contributed by atoms with Gasteiger partial charge in [-0.2, -0.15) is 0 Å². The van der Waals surface area contributed by atoms with Gasteiger partial charge >= 0.3 is 7.12 Å². The summed E-state index contributed by atoms with van der Waals surface area (Å²) >= 11 is 0. The van der Waals surface area contributed by atoms with Gasteiger partial charge in [0.2, 0.25) is 0 Å². The van der Waals surface area contributed by atoms with Gasteiger partial charge in [0.1, 0.15) is 0 Å². The fourth-order valence-corrected chi connectivity index (χ4v) is 1.54. The first-order chi connectivity index (χ1) is 7.65. The highest BCUT2D eigenvalue weighted by molar-refractivity contribution is 6.52. The van der Waals surface area contributed by atoms with Gasteiger partial charge in [0, 0.05) is 11.9 Å². The molecule has 0 saturated carbocycles. The van der Waals surface area contributed by atoms with Crippen molar-refractivity contribution in [2.75, 3.05) is 0 Å². The summed E-state index contributed by atoms with van der Waals surface area (Å²) in [6.07, 6.45) is 10.2. The highest BCUT2D eigenvalue weighted by Crippen LogP contribution is 2.19. The molecular weight excluding hydrogens is 201 g/mol. The third-order valence-electron chi connectivity index (χ3n) is 2.51. The van der Waals surface area contributed by atoms with Gasteiger partial charge in [-0.1, -0.05) is 25.2 Å². The van der Waals surface area contributed by atoms with Crippen LogP contribution in [0.1, 0.15) is 33.1 Å². The topological polar surface area (TPSA) is 52.8 Å². The molecule has 86 valence electrons. The highest BCUT2D eigenvalue weighted by atomic mass is 16.4. The molecular formula is C12H18BNO2. The molecule has 0 bridgehead atoms. The maximum atomic E-state index is 9.08. The maximum Gasteiger partial charge on any atom is 0.488 e. The van der Waals surface area contributed by atoms with E-state index >= 15 is 0 Å². The summed E-state index contributed by atoms with van der Waals surface area (Å²) in [6.45, 7) is 4.00. The Hall–Kier alpha value is -1.13. The Morgan fingerprint density at radius 2 is 2.31 bits per heavy atom. The zero-order valence-corrected chi connectivity index (χ0v) is 9.85. The van der Waals surface area contributed by atoms with Crippen LogP contribution >= 0.6 is 0 Å². The van der Waals surface area contributed by atoms with E-state index in [9.17, 15) is 0 Å². The van der Waals surface area contributed by atoms with Crippen LogP contribution in [0, 0.1) is 0 Å². The Bertz CT molecular complexity index is 354. The van der Waals surface area contributed by atoms with Crippen molar-refractivity contribution in [1.29, 1.82) is 0 Å². The molecule has 0 aromatic carbocycles. The summed E-state index contributed by atoms with van der Waals surface area (Å²) in [5, 5.41) is 18.2. The van der Waals surface area contributed by atoms with Gasteiger partial charge in [0.05, 0.1) is 0 Å². The molecule has 3 nitrogen and oxygen atoms in total. The summed E-state index contributed by atoms with van der Waals surface area (Å²) in [7, 11) is -1.38.